The van der Waals surface area contributed by atoms with Crippen LogP contribution in [0.15, 0.2) is 155 Å². The minimum Gasteiger partial charge on any atom is -0.389 e. The maximum atomic E-state index is 14.7. The molecule has 6 atom stereocenters. The van der Waals surface area contributed by atoms with Crippen molar-refractivity contribution in [3.63, 3.8) is 0 Å². The molecule has 396 valence electrons. The zero-order valence-electron chi connectivity index (χ0n) is 43.7. The predicted molar refractivity (Wildman–Crippen MR) is 298 cm³/mol. The number of nitrogens with one attached hydrogen (secondary N) is 7. The van der Waals surface area contributed by atoms with Crippen LogP contribution in [-0.2, 0) is 39.3 Å². The molecule has 0 saturated heterocycles. The second-order valence-electron chi connectivity index (χ2n) is 20.9. The van der Waals surface area contributed by atoms with Crippen LogP contribution in [0.3, 0.4) is 0 Å². The number of benzene rings is 6. The number of aryl methyl sites for hydroxylation is 2. The summed E-state index contributed by atoms with van der Waals surface area (Å²) in [5.74, 6) is -0.903. The van der Waals surface area contributed by atoms with Crippen LogP contribution in [-0.4, -0.2) is 67.7 Å². The van der Waals surface area contributed by atoms with Gasteiger partial charge in [0.1, 0.15) is 0 Å². The van der Waals surface area contributed by atoms with Crippen molar-refractivity contribution < 1.29 is 31.5 Å². The van der Waals surface area contributed by atoms with Gasteiger partial charge >= 0.3 is 0 Å². The predicted octanol–water partition coefficient (Wildman–Crippen LogP) is 9.65. The summed E-state index contributed by atoms with van der Waals surface area (Å²) in [7, 11) is -8.48. The molecule has 0 bridgehead atoms. The zero-order valence-corrected chi connectivity index (χ0v) is 45.4. The average Bonchev–Trinajstić information content (AvgIpc) is 3.89. The number of carbonyl (C=O) groups is 2. The number of H-pyrrole nitrogens is 1. The number of nitrogens with zero attached hydrogens (tertiary/aromatic N) is 1. The molecule has 8 N–H and O–H groups in total. The minimum atomic E-state index is -4.35. The number of aliphatic hydroxyl groups is 1. The summed E-state index contributed by atoms with van der Waals surface area (Å²) in [6, 6.07) is 41.1. The summed E-state index contributed by atoms with van der Waals surface area (Å²) in [6.07, 6.45) is 0.324. The summed E-state index contributed by atoms with van der Waals surface area (Å²) >= 11 is 0. The Morgan fingerprint density at radius 2 is 1.26 bits per heavy atom. The molecule has 6 aromatic carbocycles. The highest BCUT2D eigenvalue weighted by Gasteiger charge is 2.46. The van der Waals surface area contributed by atoms with Gasteiger partial charge in [-0.1, -0.05) is 107 Å². The Hall–Kier alpha value is -7.15. The Kier molecular flexibility index (Phi) is 15.2. The number of aromatic nitrogens is 2. The van der Waals surface area contributed by atoms with E-state index in [1.165, 1.54) is 0 Å². The zero-order chi connectivity index (χ0) is 54.2. The first-order valence-electron chi connectivity index (χ1n) is 25.7. The van der Waals surface area contributed by atoms with Crippen molar-refractivity contribution in [2.75, 3.05) is 22.5 Å². The Labute approximate surface area is 445 Å². The van der Waals surface area contributed by atoms with Gasteiger partial charge in [0.25, 0.3) is 11.8 Å². The van der Waals surface area contributed by atoms with Gasteiger partial charge < -0.3 is 26.4 Å². The van der Waals surface area contributed by atoms with E-state index in [2.05, 4.69) is 40.9 Å². The maximum Gasteiger partial charge on any atom is 0.256 e. The van der Waals surface area contributed by atoms with Gasteiger partial charge in [0.05, 0.1) is 39.2 Å². The second-order valence-corrected chi connectivity index (χ2v) is 24.3. The van der Waals surface area contributed by atoms with Crippen LogP contribution in [0.4, 0.5) is 17.2 Å². The highest BCUT2D eigenvalue weighted by atomic mass is 32.2. The first kappa shape index (κ1) is 53.7. The molecule has 0 aliphatic carbocycles. The number of sulfonamides is 2. The van der Waals surface area contributed by atoms with E-state index in [1.807, 2.05) is 95.3 Å². The summed E-state index contributed by atoms with van der Waals surface area (Å²) in [6.45, 7) is 13.9. The minimum absolute atomic E-state index is 0.0303. The number of aromatic amines is 1. The third kappa shape index (κ3) is 11.2. The van der Waals surface area contributed by atoms with Crippen LogP contribution in [0.25, 0.3) is 11.3 Å². The molecule has 2 aliphatic rings. The highest BCUT2D eigenvalue weighted by molar-refractivity contribution is 7.89. The number of anilines is 3. The standard InChI is InChI=1S/C59H66N8O7S2/c1-8-38-20-25-45(26-21-38)75(71,72)66-53-37(4)59(7,63-50-29-24-43(32-47(50)53)57(70)61-52-33-51(64-65-52)41-18-14-11-15-19-41)34-44-30-46(27-22-39(44)9-2)76(73,74)67-54-48-31-42(23-28-49(48)62-58(5,6)55(54)68)56(69)60-35-36(3)40-16-12-10-13-17-40/h10-33,36-37,53-55,62-63,66-68H,8-9,34-35H2,1-7H3,(H,60,69)(H2,61,64,65,70)/t36-,37-,53-,54+,55-,59?/m0/s1. The van der Waals surface area contributed by atoms with E-state index in [0.717, 1.165) is 34.4 Å². The highest BCUT2D eigenvalue weighted by Crippen LogP contribution is 2.46. The molecule has 0 spiro atoms. The molecule has 17 heteroatoms. The molecule has 0 radical (unpaired) electrons. The monoisotopic (exact) mass is 1060 g/mol. The van der Waals surface area contributed by atoms with Crippen molar-refractivity contribution in [3.8, 4) is 11.3 Å². The van der Waals surface area contributed by atoms with Gasteiger partial charge in [0.2, 0.25) is 20.0 Å². The average molecular weight is 1060 g/mol. The molecule has 76 heavy (non-hydrogen) atoms. The fourth-order valence-corrected chi connectivity index (χ4v) is 12.9. The fraction of sp³-hybridized carbons (Fsp3) is 0.305. The molecule has 2 amide bonds. The van der Waals surface area contributed by atoms with Crippen LogP contribution >= 0.6 is 0 Å². The molecule has 1 unspecified atom stereocenters. The summed E-state index contributed by atoms with van der Waals surface area (Å²) in [4.78, 5) is 27.6. The fourth-order valence-electron chi connectivity index (χ4n) is 10.4. The molecule has 7 aromatic rings. The lowest BCUT2D eigenvalue weighted by atomic mass is 9.71. The number of hydrogen-bond acceptors (Lipinski definition) is 10. The molecule has 3 heterocycles. The third-order valence-corrected chi connectivity index (χ3v) is 18.1. The topological polar surface area (TPSA) is 224 Å². The Balaban J connectivity index is 1.01. The number of hydrogen-bond donors (Lipinski definition) is 8. The quantitative estimate of drug-likeness (QED) is 0.0431. The Bertz CT molecular complexity index is 3500. The summed E-state index contributed by atoms with van der Waals surface area (Å²) in [5.41, 5.74) is 6.19. The normalized spacial score (nSPS) is 20.3. The van der Waals surface area contributed by atoms with Crippen molar-refractivity contribution in [3.05, 3.63) is 190 Å². The SMILES string of the molecule is CCc1ccc(S(=O)(=O)N[C@@H]2c3cc(C(=O)Nc4cc(-c5ccccc5)[nH]n4)ccc3NC(C)(Cc3cc(S(=O)(=O)N[C@@H]4c5cc(C(=O)NC[C@H](C)c6ccccc6)ccc5NC(C)(C)[C@H]4O)ccc3CC)[C@H]2C)cc1. The van der Waals surface area contributed by atoms with Crippen LogP contribution in [0.1, 0.15) is 121 Å². The van der Waals surface area contributed by atoms with Crippen LogP contribution in [0.2, 0.25) is 0 Å². The van der Waals surface area contributed by atoms with Gasteiger partial charge in [0, 0.05) is 40.7 Å². The van der Waals surface area contributed by atoms with Crippen molar-refractivity contribution >= 4 is 49.1 Å². The third-order valence-electron chi connectivity index (χ3n) is 15.2. The largest absolute Gasteiger partial charge is 0.389 e. The van der Waals surface area contributed by atoms with Gasteiger partial charge in [0.15, 0.2) is 5.82 Å². The number of carbonyl (C=O) groups excluding carboxylic acids is 2. The van der Waals surface area contributed by atoms with Crippen molar-refractivity contribution in [2.45, 2.75) is 113 Å². The smallest absolute Gasteiger partial charge is 0.256 e. The van der Waals surface area contributed by atoms with Gasteiger partial charge in [-0.15, -0.1) is 0 Å². The number of aliphatic hydroxyl groups excluding tert-OH is 1. The summed E-state index contributed by atoms with van der Waals surface area (Å²) in [5, 5.41) is 32.0. The molecule has 0 fully saturated rings. The maximum absolute atomic E-state index is 14.7. The molecule has 0 saturated carbocycles. The Morgan fingerprint density at radius 1 is 0.671 bits per heavy atom. The van der Waals surface area contributed by atoms with E-state index in [4.69, 9.17) is 0 Å². The van der Waals surface area contributed by atoms with E-state index < -0.39 is 61.1 Å². The van der Waals surface area contributed by atoms with E-state index >= 15 is 0 Å². The van der Waals surface area contributed by atoms with Crippen molar-refractivity contribution in [1.29, 1.82) is 0 Å². The number of amides is 2. The van der Waals surface area contributed by atoms with E-state index in [9.17, 15) is 31.5 Å². The van der Waals surface area contributed by atoms with Gasteiger partial charge in [-0.05, 0) is 151 Å². The van der Waals surface area contributed by atoms with Crippen molar-refractivity contribution in [1.82, 2.24) is 25.0 Å². The van der Waals surface area contributed by atoms with Crippen LogP contribution in [0, 0.1) is 5.92 Å². The van der Waals surface area contributed by atoms with Gasteiger partial charge in [-0.3, -0.25) is 14.7 Å². The molecular formula is C59H66N8O7S2. The van der Waals surface area contributed by atoms with E-state index in [0.29, 0.717) is 52.4 Å². The molecule has 9 rings (SSSR count). The van der Waals surface area contributed by atoms with Gasteiger partial charge in [-0.2, -0.15) is 5.10 Å². The lowest BCUT2D eigenvalue weighted by molar-refractivity contribution is 0.0769. The lowest BCUT2D eigenvalue weighted by Crippen LogP contribution is -2.54. The van der Waals surface area contributed by atoms with Crippen LogP contribution in [0.5, 0.6) is 0 Å². The molecule has 2 aliphatic heterocycles. The van der Waals surface area contributed by atoms with E-state index in [-0.39, 0.29) is 33.6 Å². The van der Waals surface area contributed by atoms with Gasteiger partial charge in [-0.25, -0.2) is 26.3 Å². The lowest BCUT2D eigenvalue weighted by Gasteiger charge is -2.47. The number of rotatable bonds is 17. The first-order valence-corrected chi connectivity index (χ1v) is 28.7. The first-order chi connectivity index (χ1) is 36.2. The summed E-state index contributed by atoms with van der Waals surface area (Å²) < 4.78 is 64.1. The van der Waals surface area contributed by atoms with Crippen molar-refractivity contribution in [2.24, 2.45) is 5.92 Å². The second kappa shape index (κ2) is 21.5. The molecular weight excluding hydrogens is 997 g/mol. The molecule has 15 nitrogen and oxygen atoms in total. The number of fused-ring (bicyclic) bond motifs is 2. The Morgan fingerprint density at radius 3 is 1.92 bits per heavy atom. The van der Waals surface area contributed by atoms with E-state index in [1.54, 1.807) is 98.8 Å². The molecule has 1 aromatic heterocycles. The van der Waals surface area contributed by atoms with Crippen LogP contribution < -0.4 is 30.7 Å².